The van der Waals surface area contributed by atoms with Crippen LogP contribution in [0.25, 0.3) is 11.1 Å². The van der Waals surface area contributed by atoms with E-state index < -0.39 is 23.8 Å². The fourth-order valence-corrected chi connectivity index (χ4v) is 3.15. The van der Waals surface area contributed by atoms with Gasteiger partial charge in [-0.3, -0.25) is 9.69 Å². The van der Waals surface area contributed by atoms with Crippen LogP contribution < -0.4 is 15.5 Å². The van der Waals surface area contributed by atoms with Crippen LogP contribution >= 0.6 is 0 Å². The predicted molar refractivity (Wildman–Crippen MR) is 110 cm³/mol. The van der Waals surface area contributed by atoms with Gasteiger partial charge in [0.2, 0.25) is 5.91 Å². The van der Waals surface area contributed by atoms with Crippen molar-refractivity contribution in [3.63, 3.8) is 0 Å². The number of hydrogen-bond acceptors (Lipinski definition) is 4. The average Bonchev–Trinajstić information content (AvgIpc) is 3.07. The molecule has 0 aliphatic carbocycles. The highest BCUT2D eigenvalue weighted by Gasteiger charge is 2.32. The molecule has 0 bridgehead atoms. The maximum absolute atomic E-state index is 14.8. The molecule has 6 nitrogen and oxygen atoms in total. The Balaban J connectivity index is 1.67. The van der Waals surface area contributed by atoms with Gasteiger partial charge in [-0.25, -0.2) is 13.6 Å². The molecule has 0 saturated carbocycles. The maximum Gasteiger partial charge on any atom is 0.414 e. The van der Waals surface area contributed by atoms with Gasteiger partial charge in [0.15, 0.2) is 0 Å². The Kier molecular flexibility index (Phi) is 6.79. The van der Waals surface area contributed by atoms with E-state index in [1.165, 1.54) is 17.9 Å². The van der Waals surface area contributed by atoms with Crippen LogP contribution in [-0.4, -0.2) is 37.7 Å². The van der Waals surface area contributed by atoms with Crippen LogP contribution in [0.2, 0.25) is 0 Å². The molecular formula is C22H23F2N3O3. The minimum absolute atomic E-state index is 0.0858. The number of carbonyl (C=O) groups is 2. The Hall–Kier alpha value is -3.26. The molecule has 30 heavy (non-hydrogen) atoms. The molecule has 1 heterocycles. The number of amides is 2. The number of anilines is 1. The topological polar surface area (TPSA) is 70.7 Å². The van der Waals surface area contributed by atoms with E-state index in [4.69, 9.17) is 4.74 Å². The van der Waals surface area contributed by atoms with Crippen molar-refractivity contribution in [3.8, 4) is 11.1 Å². The SMILES string of the molecule is C=C(F)CNCc1ccc(-c2ccc(N3CC(CNC(C)=O)OC3=O)cc2F)cc1. The van der Waals surface area contributed by atoms with Gasteiger partial charge in [0, 0.05) is 25.6 Å². The van der Waals surface area contributed by atoms with Gasteiger partial charge < -0.3 is 15.4 Å². The normalized spacial score (nSPS) is 15.8. The van der Waals surface area contributed by atoms with Gasteiger partial charge in [-0.05, 0) is 29.3 Å². The summed E-state index contributed by atoms with van der Waals surface area (Å²) in [6.07, 6.45) is -1.06. The zero-order chi connectivity index (χ0) is 21.7. The third kappa shape index (κ3) is 5.42. The molecule has 1 aliphatic heterocycles. The first-order chi connectivity index (χ1) is 14.3. The Labute approximate surface area is 173 Å². The summed E-state index contributed by atoms with van der Waals surface area (Å²) < 4.78 is 32.6. The summed E-state index contributed by atoms with van der Waals surface area (Å²) in [7, 11) is 0. The van der Waals surface area contributed by atoms with E-state index in [9.17, 15) is 18.4 Å². The number of rotatable bonds is 8. The van der Waals surface area contributed by atoms with Crippen LogP contribution in [0.4, 0.5) is 19.3 Å². The first-order valence-corrected chi connectivity index (χ1v) is 9.49. The molecule has 1 fully saturated rings. The number of halogens is 2. The molecule has 0 spiro atoms. The first-order valence-electron chi connectivity index (χ1n) is 9.49. The molecule has 1 atom stereocenters. The molecule has 8 heteroatoms. The summed E-state index contributed by atoms with van der Waals surface area (Å²) in [6.45, 7) is 5.57. The highest BCUT2D eigenvalue weighted by molar-refractivity contribution is 5.90. The third-order valence-electron chi connectivity index (χ3n) is 4.63. The summed E-state index contributed by atoms with van der Waals surface area (Å²) in [6, 6.07) is 11.8. The van der Waals surface area contributed by atoms with Crippen LogP contribution in [0, 0.1) is 5.82 Å². The lowest BCUT2D eigenvalue weighted by molar-refractivity contribution is -0.119. The maximum atomic E-state index is 14.8. The lowest BCUT2D eigenvalue weighted by Gasteiger charge is -2.15. The molecule has 2 aromatic carbocycles. The van der Waals surface area contributed by atoms with Crippen molar-refractivity contribution in [3.05, 3.63) is 66.3 Å². The number of hydrogen-bond donors (Lipinski definition) is 2. The summed E-state index contributed by atoms with van der Waals surface area (Å²) in [5.41, 5.74) is 2.41. The lowest BCUT2D eigenvalue weighted by Crippen LogP contribution is -2.33. The van der Waals surface area contributed by atoms with Gasteiger partial charge in [-0.1, -0.05) is 30.8 Å². The van der Waals surface area contributed by atoms with Crippen molar-refractivity contribution >= 4 is 17.7 Å². The van der Waals surface area contributed by atoms with Crippen molar-refractivity contribution in [2.45, 2.75) is 19.6 Å². The molecule has 2 aromatic rings. The van der Waals surface area contributed by atoms with E-state index in [0.29, 0.717) is 23.4 Å². The van der Waals surface area contributed by atoms with Crippen LogP contribution in [0.5, 0.6) is 0 Å². The number of nitrogens with one attached hydrogen (secondary N) is 2. The molecule has 1 aliphatic rings. The molecule has 1 unspecified atom stereocenters. The number of carbonyl (C=O) groups excluding carboxylic acids is 2. The molecule has 0 aromatic heterocycles. The highest BCUT2D eigenvalue weighted by atomic mass is 19.1. The minimum atomic E-state index is -0.578. The van der Waals surface area contributed by atoms with E-state index in [1.807, 2.05) is 12.1 Å². The van der Waals surface area contributed by atoms with E-state index in [2.05, 4.69) is 17.2 Å². The minimum Gasteiger partial charge on any atom is -0.442 e. The Morgan fingerprint density at radius 1 is 1.27 bits per heavy atom. The molecule has 158 valence electrons. The Morgan fingerprint density at radius 2 is 2.00 bits per heavy atom. The Bertz CT molecular complexity index is 947. The molecule has 2 amide bonds. The zero-order valence-corrected chi connectivity index (χ0v) is 16.6. The van der Waals surface area contributed by atoms with E-state index >= 15 is 0 Å². The number of benzene rings is 2. The van der Waals surface area contributed by atoms with Crippen LogP contribution in [0.3, 0.4) is 0 Å². The fourth-order valence-electron chi connectivity index (χ4n) is 3.15. The van der Waals surface area contributed by atoms with Crippen LogP contribution in [-0.2, 0) is 16.1 Å². The third-order valence-corrected chi connectivity index (χ3v) is 4.63. The number of cyclic esters (lactones) is 1. The van der Waals surface area contributed by atoms with Gasteiger partial charge in [-0.15, -0.1) is 0 Å². The number of nitrogens with zero attached hydrogens (tertiary/aromatic N) is 1. The van der Waals surface area contributed by atoms with E-state index in [0.717, 1.165) is 5.56 Å². The standard InChI is InChI=1S/C22H23F2N3O3/c1-14(23)10-25-11-16-3-5-17(6-4-16)20-8-7-18(9-21(20)24)27-13-19(30-22(27)29)12-26-15(2)28/h3-9,19,25H,1,10-13H2,2H3,(H,26,28). The van der Waals surface area contributed by atoms with Gasteiger partial charge in [-0.2, -0.15) is 0 Å². The molecule has 1 saturated heterocycles. The van der Waals surface area contributed by atoms with Crippen molar-refractivity contribution in [1.82, 2.24) is 10.6 Å². The van der Waals surface area contributed by atoms with Crippen molar-refractivity contribution in [1.29, 1.82) is 0 Å². The van der Waals surface area contributed by atoms with Crippen molar-refractivity contribution < 1.29 is 23.1 Å². The van der Waals surface area contributed by atoms with Crippen molar-refractivity contribution in [2.75, 3.05) is 24.5 Å². The average molecular weight is 415 g/mol. The Morgan fingerprint density at radius 3 is 2.63 bits per heavy atom. The summed E-state index contributed by atoms with van der Waals surface area (Å²) >= 11 is 0. The van der Waals surface area contributed by atoms with Crippen LogP contribution in [0.15, 0.2) is 54.9 Å². The van der Waals surface area contributed by atoms with Gasteiger partial charge >= 0.3 is 6.09 Å². The van der Waals surface area contributed by atoms with Gasteiger partial charge in [0.05, 0.1) is 18.8 Å². The monoisotopic (exact) mass is 415 g/mol. The summed E-state index contributed by atoms with van der Waals surface area (Å²) in [5.74, 6) is -1.11. The fraction of sp³-hybridized carbons (Fsp3) is 0.273. The summed E-state index contributed by atoms with van der Waals surface area (Å²) in [5, 5.41) is 5.51. The lowest BCUT2D eigenvalue weighted by atomic mass is 10.0. The molecular weight excluding hydrogens is 392 g/mol. The van der Waals surface area contributed by atoms with Gasteiger partial charge in [0.1, 0.15) is 17.7 Å². The van der Waals surface area contributed by atoms with Crippen molar-refractivity contribution in [2.24, 2.45) is 0 Å². The first kappa shape index (κ1) is 21.4. The smallest absolute Gasteiger partial charge is 0.414 e. The molecule has 0 radical (unpaired) electrons. The largest absolute Gasteiger partial charge is 0.442 e. The second-order valence-corrected chi connectivity index (χ2v) is 7.04. The predicted octanol–water partition coefficient (Wildman–Crippen LogP) is 3.53. The molecule has 2 N–H and O–H groups in total. The quantitative estimate of drug-likeness (QED) is 0.692. The van der Waals surface area contributed by atoms with Gasteiger partial charge in [0.25, 0.3) is 0 Å². The van der Waals surface area contributed by atoms with E-state index in [-0.39, 0.29) is 25.5 Å². The second kappa shape index (κ2) is 9.49. The summed E-state index contributed by atoms with van der Waals surface area (Å²) in [4.78, 5) is 24.4. The van der Waals surface area contributed by atoms with Crippen LogP contribution in [0.1, 0.15) is 12.5 Å². The second-order valence-electron chi connectivity index (χ2n) is 7.04. The zero-order valence-electron chi connectivity index (χ0n) is 16.6. The molecule has 3 rings (SSSR count). The number of ether oxygens (including phenoxy) is 1. The highest BCUT2D eigenvalue weighted by Crippen LogP contribution is 2.29. The van der Waals surface area contributed by atoms with E-state index in [1.54, 1.807) is 24.3 Å².